The van der Waals surface area contributed by atoms with Gasteiger partial charge in [-0.2, -0.15) is 0 Å². The molecule has 2 atom stereocenters. The van der Waals surface area contributed by atoms with E-state index in [1.165, 1.54) is 0 Å². The Bertz CT molecular complexity index is 1480. The lowest BCUT2D eigenvalue weighted by molar-refractivity contribution is -0.148. The molecule has 0 saturated carbocycles. The number of carbonyl (C=O) groups excluding carboxylic acids is 3. The number of nitrogens with zero attached hydrogens (tertiary/aromatic N) is 4. The molecule has 0 aliphatic carbocycles. The zero-order valence-corrected chi connectivity index (χ0v) is 29.7. The molecule has 12 heteroatoms. The van der Waals surface area contributed by atoms with Crippen molar-refractivity contribution in [3.63, 3.8) is 0 Å². The average Bonchev–Trinajstić information content (AvgIpc) is 3.14. The van der Waals surface area contributed by atoms with Crippen molar-refractivity contribution in [1.82, 2.24) is 19.6 Å². The number of hydrogen-bond acceptors (Lipinski definition) is 8. The zero-order chi connectivity index (χ0) is 35.8. The Balaban J connectivity index is 1.21. The van der Waals surface area contributed by atoms with Crippen LogP contribution in [0.1, 0.15) is 67.2 Å². The van der Waals surface area contributed by atoms with E-state index < -0.39 is 24.2 Å². The molecule has 50 heavy (non-hydrogen) atoms. The molecule has 0 bridgehead atoms. The fraction of sp³-hybridized carbons (Fsp3) is 0.579. The molecule has 0 aromatic heterocycles. The predicted molar refractivity (Wildman–Crippen MR) is 190 cm³/mol. The molecule has 0 radical (unpaired) electrons. The number of likely N-dealkylation sites (tertiary alicyclic amines) is 3. The number of ether oxygens (including phenoxy) is 1. The second kappa shape index (κ2) is 17.1. The monoisotopic (exact) mass is 691 g/mol. The van der Waals surface area contributed by atoms with Gasteiger partial charge in [-0.15, -0.1) is 0 Å². The number of carbonyl (C=O) groups is 4. The largest absolute Gasteiger partial charge is 0.507 e. The molecule has 12 nitrogen and oxygen atoms in total. The van der Waals surface area contributed by atoms with Gasteiger partial charge in [0.15, 0.2) is 6.10 Å². The van der Waals surface area contributed by atoms with Crippen LogP contribution in [-0.4, -0.2) is 125 Å². The molecule has 3 saturated heterocycles. The molecule has 0 spiro atoms. The second-order valence-electron chi connectivity index (χ2n) is 14.0. The SMILES string of the molecule is CNc1ccccc1CCN(C=O)C1CCN(C(=O)O[C@H](Cc2cc(C)c(O)c(C)c2)C(=O)N2CCC(N3CCCC[C@H]3C(=O)O)CC2)CC1. The molecule has 3 aliphatic heterocycles. The van der Waals surface area contributed by atoms with Crippen molar-refractivity contribution in [2.75, 3.05) is 51.6 Å². The summed E-state index contributed by atoms with van der Waals surface area (Å²) in [6.45, 7) is 6.66. The number of phenols is 1. The third kappa shape index (κ3) is 8.88. The van der Waals surface area contributed by atoms with Crippen LogP contribution in [0.2, 0.25) is 0 Å². The van der Waals surface area contributed by atoms with Gasteiger partial charge < -0.3 is 35.0 Å². The van der Waals surface area contributed by atoms with Crippen molar-refractivity contribution < 1.29 is 34.1 Å². The maximum absolute atomic E-state index is 14.1. The third-order valence-corrected chi connectivity index (χ3v) is 10.8. The topological polar surface area (TPSA) is 143 Å². The summed E-state index contributed by atoms with van der Waals surface area (Å²) < 4.78 is 6.02. The van der Waals surface area contributed by atoms with Crippen LogP contribution in [0.15, 0.2) is 36.4 Å². The number of benzene rings is 2. The number of amides is 3. The van der Waals surface area contributed by atoms with Crippen LogP contribution in [-0.2, 0) is 32.0 Å². The number of carboxylic acid groups (broad SMARTS) is 1. The number of aryl methyl sites for hydroxylation is 2. The van der Waals surface area contributed by atoms with Crippen molar-refractivity contribution >= 4 is 30.1 Å². The summed E-state index contributed by atoms with van der Waals surface area (Å²) in [7, 11) is 1.88. The number of phenolic OH excluding ortho intramolecular Hbond substituents is 1. The maximum atomic E-state index is 14.1. The van der Waals surface area contributed by atoms with Crippen LogP contribution in [0.4, 0.5) is 10.5 Å². The maximum Gasteiger partial charge on any atom is 0.410 e. The number of piperidine rings is 3. The van der Waals surface area contributed by atoms with Gasteiger partial charge in [0.2, 0.25) is 6.41 Å². The van der Waals surface area contributed by atoms with Gasteiger partial charge in [-0.25, -0.2) is 4.79 Å². The normalized spacial score (nSPS) is 19.9. The molecule has 0 unspecified atom stereocenters. The molecule has 3 heterocycles. The van der Waals surface area contributed by atoms with Crippen LogP contribution >= 0.6 is 0 Å². The van der Waals surface area contributed by atoms with E-state index in [4.69, 9.17) is 4.74 Å². The predicted octanol–water partition coefficient (Wildman–Crippen LogP) is 4.19. The van der Waals surface area contributed by atoms with E-state index in [9.17, 15) is 29.4 Å². The molecule has 5 rings (SSSR count). The summed E-state index contributed by atoms with van der Waals surface area (Å²) in [6.07, 6.45) is 5.24. The van der Waals surface area contributed by atoms with E-state index in [0.29, 0.717) is 82.4 Å². The minimum atomic E-state index is -1.06. The molecule has 3 N–H and O–H groups in total. The summed E-state index contributed by atoms with van der Waals surface area (Å²) in [5.41, 5.74) is 4.33. The van der Waals surface area contributed by atoms with E-state index in [2.05, 4.69) is 16.3 Å². The lowest BCUT2D eigenvalue weighted by atomic mass is 9.94. The number of carboxylic acids is 1. The lowest BCUT2D eigenvalue weighted by Crippen LogP contribution is -2.55. The minimum absolute atomic E-state index is 0.000554. The molecule has 3 aliphatic rings. The third-order valence-electron chi connectivity index (χ3n) is 10.8. The highest BCUT2D eigenvalue weighted by Gasteiger charge is 2.38. The Kier molecular flexibility index (Phi) is 12.6. The van der Waals surface area contributed by atoms with Gasteiger partial charge in [-0.05, 0) is 93.7 Å². The highest BCUT2D eigenvalue weighted by molar-refractivity contribution is 5.84. The van der Waals surface area contributed by atoms with E-state index in [-0.39, 0.29) is 30.2 Å². The Morgan fingerprint density at radius 2 is 1.62 bits per heavy atom. The molecule has 272 valence electrons. The molecule has 2 aromatic carbocycles. The van der Waals surface area contributed by atoms with Gasteiger partial charge >= 0.3 is 12.1 Å². The van der Waals surface area contributed by atoms with E-state index in [1.807, 2.05) is 42.3 Å². The lowest BCUT2D eigenvalue weighted by Gasteiger charge is -2.43. The van der Waals surface area contributed by atoms with Gasteiger partial charge in [0.1, 0.15) is 11.8 Å². The van der Waals surface area contributed by atoms with Crippen LogP contribution in [0.3, 0.4) is 0 Å². The van der Waals surface area contributed by atoms with E-state index in [1.54, 1.807) is 23.6 Å². The molecule has 3 amide bonds. The first-order chi connectivity index (χ1) is 24.1. The zero-order valence-electron chi connectivity index (χ0n) is 29.7. The van der Waals surface area contributed by atoms with Gasteiger partial charge in [0, 0.05) is 64.0 Å². The van der Waals surface area contributed by atoms with Gasteiger partial charge in [-0.3, -0.25) is 19.3 Å². The average molecular weight is 692 g/mol. The highest BCUT2D eigenvalue weighted by atomic mass is 16.6. The smallest absolute Gasteiger partial charge is 0.410 e. The number of hydrogen-bond donors (Lipinski definition) is 3. The quantitative estimate of drug-likeness (QED) is 0.279. The Morgan fingerprint density at radius 3 is 2.26 bits per heavy atom. The summed E-state index contributed by atoms with van der Waals surface area (Å²) in [6, 6.07) is 11.3. The summed E-state index contributed by atoms with van der Waals surface area (Å²) in [4.78, 5) is 58.9. The van der Waals surface area contributed by atoms with Gasteiger partial charge in [0.25, 0.3) is 5.91 Å². The van der Waals surface area contributed by atoms with E-state index >= 15 is 0 Å². The van der Waals surface area contributed by atoms with Crippen molar-refractivity contribution in [2.45, 2.75) is 95.9 Å². The van der Waals surface area contributed by atoms with Crippen molar-refractivity contribution in [3.8, 4) is 5.75 Å². The highest BCUT2D eigenvalue weighted by Crippen LogP contribution is 2.28. The van der Waals surface area contributed by atoms with Crippen LogP contribution in [0.25, 0.3) is 0 Å². The first kappa shape index (κ1) is 36.9. The Labute approximate surface area is 295 Å². The number of rotatable bonds is 12. The number of aromatic hydroxyl groups is 1. The standard InChI is InChI=1S/C38H53N5O7/c1-26-22-28(23-27(2)35(26)45)24-34(36(46)40-18-14-31(15-19-40)43-16-7-6-10-33(43)37(47)48)50-38(49)41-20-12-30(13-21-41)42(25-44)17-11-29-8-4-5-9-32(29)39-3/h4-5,8-9,22-23,25,30-31,33-34,39,45H,6-7,10-21,24H2,1-3H3,(H,47,48)/t33-,34+/m0/s1. The van der Waals surface area contributed by atoms with Crippen LogP contribution in [0.5, 0.6) is 5.75 Å². The fourth-order valence-electron chi connectivity index (χ4n) is 7.96. The van der Waals surface area contributed by atoms with Crippen molar-refractivity contribution in [1.29, 1.82) is 0 Å². The molecule has 3 fully saturated rings. The Hall–Kier alpha value is -4.32. The van der Waals surface area contributed by atoms with Crippen molar-refractivity contribution in [2.24, 2.45) is 0 Å². The molecule has 2 aromatic rings. The molecular weight excluding hydrogens is 638 g/mol. The van der Waals surface area contributed by atoms with Crippen LogP contribution in [0, 0.1) is 13.8 Å². The first-order valence-corrected chi connectivity index (χ1v) is 18.1. The number of aliphatic carboxylic acids is 1. The van der Waals surface area contributed by atoms with Crippen molar-refractivity contribution in [3.05, 3.63) is 58.7 Å². The second-order valence-corrected chi connectivity index (χ2v) is 14.0. The summed E-state index contributed by atoms with van der Waals surface area (Å²) in [5.74, 6) is -0.850. The summed E-state index contributed by atoms with van der Waals surface area (Å²) >= 11 is 0. The first-order valence-electron chi connectivity index (χ1n) is 18.1. The number of nitrogens with one attached hydrogen (secondary N) is 1. The number of para-hydroxylation sites is 1. The van der Waals surface area contributed by atoms with E-state index in [0.717, 1.165) is 42.6 Å². The van der Waals surface area contributed by atoms with Crippen LogP contribution < -0.4 is 5.32 Å². The van der Waals surface area contributed by atoms with Gasteiger partial charge in [0.05, 0.1) is 0 Å². The molecular formula is C38H53N5O7. The Morgan fingerprint density at radius 1 is 0.960 bits per heavy atom. The van der Waals surface area contributed by atoms with Gasteiger partial charge in [-0.1, -0.05) is 36.8 Å². The minimum Gasteiger partial charge on any atom is -0.507 e. The summed E-state index contributed by atoms with van der Waals surface area (Å²) in [5, 5.41) is 23.3. The number of anilines is 1. The fourth-order valence-corrected chi connectivity index (χ4v) is 7.96.